The molecular formula is C19H20O3. The summed E-state index contributed by atoms with van der Waals surface area (Å²) in [5.74, 6) is 0.0676. The number of carbonyl (C=O) groups is 1. The van der Waals surface area contributed by atoms with Crippen LogP contribution in [0.3, 0.4) is 0 Å². The normalized spacial score (nSPS) is 10.2. The summed E-state index contributed by atoms with van der Waals surface area (Å²) >= 11 is 0. The highest BCUT2D eigenvalue weighted by Gasteiger charge is 2.02. The summed E-state index contributed by atoms with van der Waals surface area (Å²) in [5.41, 5.74) is 3.52. The van der Waals surface area contributed by atoms with Gasteiger partial charge in [0.15, 0.2) is 0 Å². The number of esters is 1. The lowest BCUT2D eigenvalue weighted by atomic mass is 10.0. The van der Waals surface area contributed by atoms with E-state index in [1.807, 2.05) is 12.1 Å². The second-order valence-electron chi connectivity index (χ2n) is 4.94. The largest absolute Gasteiger partial charge is 0.423 e. The molecular weight excluding hydrogens is 276 g/mol. The highest BCUT2D eigenvalue weighted by Crippen LogP contribution is 2.23. The molecule has 22 heavy (non-hydrogen) atoms. The Morgan fingerprint density at radius 3 is 2.18 bits per heavy atom. The van der Waals surface area contributed by atoms with Crippen molar-refractivity contribution in [1.82, 2.24) is 0 Å². The first kappa shape index (κ1) is 16.0. The lowest BCUT2D eigenvalue weighted by Crippen LogP contribution is -2.02. The summed E-state index contributed by atoms with van der Waals surface area (Å²) in [6.45, 7) is 4.16. The van der Waals surface area contributed by atoms with Crippen molar-refractivity contribution >= 4 is 5.97 Å². The molecule has 0 saturated heterocycles. The monoisotopic (exact) mass is 296 g/mol. The molecule has 2 aromatic rings. The molecule has 0 aliphatic rings. The molecule has 114 valence electrons. The van der Waals surface area contributed by atoms with E-state index in [1.165, 1.54) is 5.56 Å². The van der Waals surface area contributed by atoms with E-state index < -0.39 is 5.97 Å². The molecule has 0 unspecified atom stereocenters. The summed E-state index contributed by atoms with van der Waals surface area (Å²) in [6, 6.07) is 15.9. The topological polar surface area (TPSA) is 35.5 Å². The van der Waals surface area contributed by atoms with Gasteiger partial charge < -0.3 is 9.47 Å². The van der Waals surface area contributed by atoms with Crippen molar-refractivity contribution in [3.8, 4) is 16.9 Å². The zero-order chi connectivity index (χ0) is 15.8. The van der Waals surface area contributed by atoms with Crippen LogP contribution in [-0.4, -0.2) is 19.7 Å². The van der Waals surface area contributed by atoms with E-state index in [0.717, 1.165) is 36.7 Å². The van der Waals surface area contributed by atoms with Gasteiger partial charge in [0, 0.05) is 19.8 Å². The third kappa shape index (κ3) is 4.57. The average molecular weight is 296 g/mol. The molecule has 0 aliphatic heterocycles. The fraction of sp³-hybridized carbons (Fsp3) is 0.211. The standard InChI is InChI=1S/C19H20O3/c1-3-19(20)22-18-12-10-17(11-13-18)16-8-6-15(7-9-16)5-4-14-21-2/h3,6-13H,1,4-5,14H2,2H3. The third-order valence-electron chi connectivity index (χ3n) is 3.34. The Labute approximate surface area is 131 Å². The minimum absolute atomic E-state index is 0.451. The van der Waals surface area contributed by atoms with Crippen molar-refractivity contribution in [1.29, 1.82) is 0 Å². The first-order valence-corrected chi connectivity index (χ1v) is 7.25. The maximum atomic E-state index is 11.1. The Kier molecular flexibility index (Phi) is 5.92. The van der Waals surface area contributed by atoms with Crippen LogP contribution >= 0.6 is 0 Å². The van der Waals surface area contributed by atoms with Crippen LogP contribution in [-0.2, 0) is 16.0 Å². The molecule has 2 aromatic carbocycles. The Morgan fingerprint density at radius 1 is 1.05 bits per heavy atom. The molecule has 3 nitrogen and oxygen atoms in total. The van der Waals surface area contributed by atoms with E-state index in [1.54, 1.807) is 19.2 Å². The highest BCUT2D eigenvalue weighted by molar-refractivity contribution is 5.83. The molecule has 0 aliphatic carbocycles. The Hall–Kier alpha value is -2.39. The number of benzene rings is 2. The summed E-state index contributed by atoms with van der Waals surface area (Å²) in [5, 5.41) is 0. The van der Waals surface area contributed by atoms with E-state index in [0.29, 0.717) is 5.75 Å². The number of carbonyl (C=O) groups excluding carboxylic acids is 1. The fourth-order valence-electron chi connectivity index (χ4n) is 2.16. The molecule has 0 N–H and O–H groups in total. The zero-order valence-electron chi connectivity index (χ0n) is 12.7. The van der Waals surface area contributed by atoms with Crippen LogP contribution < -0.4 is 4.74 Å². The quantitative estimate of drug-likeness (QED) is 0.335. The van der Waals surface area contributed by atoms with Crippen molar-refractivity contribution < 1.29 is 14.3 Å². The molecule has 0 aromatic heterocycles. The predicted molar refractivity (Wildman–Crippen MR) is 87.9 cm³/mol. The highest BCUT2D eigenvalue weighted by atomic mass is 16.5. The second kappa shape index (κ2) is 8.15. The van der Waals surface area contributed by atoms with E-state index in [-0.39, 0.29) is 0 Å². The molecule has 2 rings (SSSR count). The third-order valence-corrected chi connectivity index (χ3v) is 3.34. The first-order chi connectivity index (χ1) is 10.7. The smallest absolute Gasteiger partial charge is 0.335 e. The van der Waals surface area contributed by atoms with Crippen LogP contribution in [0.5, 0.6) is 5.75 Å². The van der Waals surface area contributed by atoms with Gasteiger partial charge in [0.1, 0.15) is 5.75 Å². The Balaban J connectivity index is 2.02. The van der Waals surface area contributed by atoms with Crippen LogP contribution in [0.15, 0.2) is 61.2 Å². The number of aryl methyl sites for hydroxylation is 1. The van der Waals surface area contributed by atoms with Crippen LogP contribution in [0.1, 0.15) is 12.0 Å². The zero-order valence-corrected chi connectivity index (χ0v) is 12.7. The van der Waals surface area contributed by atoms with Crippen molar-refractivity contribution in [3.63, 3.8) is 0 Å². The molecule has 0 spiro atoms. The minimum Gasteiger partial charge on any atom is -0.423 e. The van der Waals surface area contributed by atoms with Crippen LogP contribution in [0.25, 0.3) is 11.1 Å². The van der Waals surface area contributed by atoms with Crippen molar-refractivity contribution in [2.75, 3.05) is 13.7 Å². The molecule has 0 saturated carbocycles. The van der Waals surface area contributed by atoms with E-state index in [4.69, 9.17) is 9.47 Å². The van der Waals surface area contributed by atoms with Crippen LogP contribution in [0.2, 0.25) is 0 Å². The Morgan fingerprint density at radius 2 is 1.64 bits per heavy atom. The SMILES string of the molecule is C=CC(=O)Oc1ccc(-c2ccc(CCCOC)cc2)cc1. The molecule has 0 amide bonds. The molecule has 0 fully saturated rings. The van der Waals surface area contributed by atoms with Crippen molar-refractivity contribution in [2.45, 2.75) is 12.8 Å². The van der Waals surface area contributed by atoms with E-state index >= 15 is 0 Å². The minimum atomic E-state index is -0.451. The predicted octanol–water partition coefficient (Wildman–Crippen LogP) is 4.02. The lowest BCUT2D eigenvalue weighted by molar-refractivity contribution is -0.128. The summed E-state index contributed by atoms with van der Waals surface area (Å²) in [7, 11) is 1.72. The van der Waals surface area contributed by atoms with Gasteiger partial charge in [0.05, 0.1) is 0 Å². The van der Waals surface area contributed by atoms with Gasteiger partial charge in [0.25, 0.3) is 0 Å². The van der Waals surface area contributed by atoms with Crippen LogP contribution in [0, 0.1) is 0 Å². The van der Waals surface area contributed by atoms with Gasteiger partial charge in [0.2, 0.25) is 0 Å². The number of ether oxygens (including phenoxy) is 2. The van der Waals surface area contributed by atoms with Gasteiger partial charge in [-0.1, -0.05) is 43.0 Å². The summed E-state index contributed by atoms with van der Waals surface area (Å²) in [6.07, 6.45) is 3.19. The van der Waals surface area contributed by atoms with Gasteiger partial charge in [-0.15, -0.1) is 0 Å². The number of hydrogen-bond donors (Lipinski definition) is 0. The Bertz CT molecular complexity index is 612. The van der Waals surface area contributed by atoms with Gasteiger partial charge in [-0.25, -0.2) is 4.79 Å². The fourth-order valence-corrected chi connectivity index (χ4v) is 2.16. The number of methoxy groups -OCH3 is 1. The van der Waals surface area contributed by atoms with Gasteiger partial charge in [-0.05, 0) is 41.7 Å². The lowest BCUT2D eigenvalue weighted by Gasteiger charge is -2.06. The van der Waals surface area contributed by atoms with Gasteiger partial charge >= 0.3 is 5.97 Å². The molecule has 0 bridgehead atoms. The van der Waals surface area contributed by atoms with Crippen LogP contribution in [0.4, 0.5) is 0 Å². The summed E-state index contributed by atoms with van der Waals surface area (Å²) in [4.78, 5) is 11.1. The average Bonchev–Trinajstić information content (AvgIpc) is 2.56. The van der Waals surface area contributed by atoms with E-state index in [9.17, 15) is 4.79 Å². The molecule has 0 atom stereocenters. The maximum absolute atomic E-state index is 11.1. The summed E-state index contributed by atoms with van der Waals surface area (Å²) < 4.78 is 10.1. The first-order valence-electron chi connectivity index (χ1n) is 7.25. The van der Waals surface area contributed by atoms with Gasteiger partial charge in [-0.2, -0.15) is 0 Å². The number of hydrogen-bond acceptors (Lipinski definition) is 3. The second-order valence-corrected chi connectivity index (χ2v) is 4.94. The molecule has 0 radical (unpaired) electrons. The number of rotatable bonds is 7. The molecule has 3 heteroatoms. The molecule has 0 heterocycles. The van der Waals surface area contributed by atoms with E-state index in [2.05, 4.69) is 30.8 Å². The van der Waals surface area contributed by atoms with Crippen molar-refractivity contribution in [2.24, 2.45) is 0 Å². The van der Waals surface area contributed by atoms with Gasteiger partial charge in [-0.3, -0.25) is 0 Å². The maximum Gasteiger partial charge on any atom is 0.335 e. The van der Waals surface area contributed by atoms with Crippen molar-refractivity contribution in [3.05, 3.63) is 66.7 Å².